The lowest BCUT2D eigenvalue weighted by Crippen LogP contribution is -2.10. The fourth-order valence-electron chi connectivity index (χ4n) is 12.4. The molecule has 0 unspecified atom stereocenters. The Morgan fingerprint density at radius 2 is 0.468 bits per heavy atom. The largest absolute Gasteiger partial charge is 0.310 e. The van der Waals surface area contributed by atoms with Crippen LogP contribution in [0.5, 0.6) is 0 Å². The molecule has 0 amide bonds. The van der Waals surface area contributed by atoms with Gasteiger partial charge in [0.2, 0.25) is 0 Å². The average molecular weight is 976 g/mol. The molecule has 15 aromatic carbocycles. The van der Waals surface area contributed by atoms with Gasteiger partial charge in [-0.3, -0.25) is 0 Å². The molecule has 1 nitrogen and oxygen atoms in total. The molecule has 0 bridgehead atoms. The Morgan fingerprint density at radius 1 is 0.156 bits per heavy atom. The van der Waals surface area contributed by atoms with E-state index in [1.165, 1.54) is 125 Å². The summed E-state index contributed by atoms with van der Waals surface area (Å²) in [5, 5.41) is 17.2. The Hall–Kier alpha value is -10.1. The first kappa shape index (κ1) is 44.4. The van der Waals surface area contributed by atoms with Crippen LogP contribution < -0.4 is 4.90 Å². The van der Waals surface area contributed by atoms with Crippen LogP contribution >= 0.6 is 0 Å². The minimum atomic E-state index is 1.07. The monoisotopic (exact) mass is 975 g/mol. The van der Waals surface area contributed by atoms with Gasteiger partial charge < -0.3 is 4.90 Å². The number of anilines is 3. The first-order valence-electron chi connectivity index (χ1n) is 26.6. The fraction of sp³-hybridized carbons (Fsp3) is 0. The van der Waals surface area contributed by atoms with E-state index in [2.05, 4.69) is 302 Å². The van der Waals surface area contributed by atoms with Crippen LogP contribution in [0.3, 0.4) is 0 Å². The van der Waals surface area contributed by atoms with Gasteiger partial charge in [-0.15, -0.1) is 0 Å². The Bertz CT molecular complexity index is 4740. The molecule has 0 aromatic heterocycles. The summed E-state index contributed by atoms with van der Waals surface area (Å²) in [4.78, 5) is 2.46. The molecule has 0 aliphatic carbocycles. The van der Waals surface area contributed by atoms with E-state index >= 15 is 0 Å². The Morgan fingerprint density at radius 3 is 0.922 bits per heavy atom. The van der Waals surface area contributed by atoms with Crippen molar-refractivity contribution in [2.75, 3.05) is 4.90 Å². The number of hydrogen-bond donors (Lipinski definition) is 0. The van der Waals surface area contributed by atoms with Crippen LogP contribution in [0.25, 0.3) is 131 Å². The maximum atomic E-state index is 2.46. The molecule has 0 N–H and O–H groups in total. The molecule has 1 heteroatoms. The molecule has 0 atom stereocenters. The third kappa shape index (κ3) is 7.63. The summed E-state index contributed by atoms with van der Waals surface area (Å²) < 4.78 is 0. The second-order valence-corrected chi connectivity index (χ2v) is 20.4. The van der Waals surface area contributed by atoms with Gasteiger partial charge in [0.05, 0.1) is 0 Å². The molecule has 77 heavy (non-hydrogen) atoms. The first-order valence-corrected chi connectivity index (χ1v) is 26.6. The van der Waals surface area contributed by atoms with E-state index in [1.54, 1.807) is 0 Å². The fourth-order valence-corrected chi connectivity index (χ4v) is 12.4. The van der Waals surface area contributed by atoms with E-state index in [9.17, 15) is 0 Å². The number of benzene rings is 15. The molecule has 0 saturated heterocycles. The van der Waals surface area contributed by atoms with Crippen molar-refractivity contribution < 1.29 is 0 Å². The van der Waals surface area contributed by atoms with Crippen LogP contribution in [0.15, 0.2) is 297 Å². The van der Waals surface area contributed by atoms with Crippen molar-refractivity contribution in [3.8, 4) is 55.6 Å². The van der Waals surface area contributed by atoms with Crippen LogP contribution in [0, 0.1) is 0 Å². The van der Waals surface area contributed by atoms with Crippen molar-refractivity contribution in [3.63, 3.8) is 0 Å². The number of fused-ring (bicyclic) bond motifs is 7. The van der Waals surface area contributed by atoms with Crippen molar-refractivity contribution in [3.05, 3.63) is 297 Å². The SMILES string of the molecule is c1ccc(-c2ccc(N(c3cccc(-c4c5ccccc5c(-c5ccc6ccccc6c5)c5ccccc45)c3)c3ccc4c(-c5ccc6ccccc6c5)c5ccccc5c(-c5ccc6ccccc6c5)c4c3)cc2)cc1. The van der Waals surface area contributed by atoms with Gasteiger partial charge in [0.1, 0.15) is 0 Å². The van der Waals surface area contributed by atoms with Gasteiger partial charge in [-0.05, 0) is 186 Å². The Balaban J connectivity index is 0.981. The zero-order valence-corrected chi connectivity index (χ0v) is 42.2. The highest BCUT2D eigenvalue weighted by molar-refractivity contribution is 6.24. The second kappa shape index (κ2) is 18.4. The number of hydrogen-bond acceptors (Lipinski definition) is 1. The van der Waals surface area contributed by atoms with Crippen molar-refractivity contribution in [2.24, 2.45) is 0 Å². The van der Waals surface area contributed by atoms with Crippen molar-refractivity contribution in [2.45, 2.75) is 0 Å². The van der Waals surface area contributed by atoms with Crippen molar-refractivity contribution in [1.29, 1.82) is 0 Å². The van der Waals surface area contributed by atoms with Crippen LogP contribution in [-0.2, 0) is 0 Å². The number of rotatable bonds is 8. The van der Waals surface area contributed by atoms with E-state index in [-0.39, 0.29) is 0 Å². The molecule has 0 radical (unpaired) electrons. The standard InChI is InChI=1S/C76H49N/c1-2-17-50(18-3-1)54-39-41-62(42-40-54)77(63-26-16-25-58(48-63)73-65-27-10-12-29-67(65)74(68-30-13-11-28-66(68)73)59-36-33-51-19-4-7-22-55(51)45-59)64-43-44-71-72(49-64)76(61-38-35-53-21-6-9-24-57(53)47-61)70-32-15-14-31-69(70)75(71)60-37-34-52-20-5-8-23-56(52)46-60/h1-49H. The molecular formula is C76H49N. The van der Waals surface area contributed by atoms with E-state index in [0.717, 1.165) is 22.6 Å². The van der Waals surface area contributed by atoms with Gasteiger partial charge in [-0.1, -0.05) is 243 Å². The van der Waals surface area contributed by atoms with Crippen LogP contribution in [0.1, 0.15) is 0 Å². The van der Waals surface area contributed by atoms with Gasteiger partial charge in [-0.2, -0.15) is 0 Å². The van der Waals surface area contributed by atoms with Crippen LogP contribution in [0.2, 0.25) is 0 Å². The van der Waals surface area contributed by atoms with Crippen molar-refractivity contribution >= 4 is 92.5 Å². The van der Waals surface area contributed by atoms with Crippen molar-refractivity contribution in [1.82, 2.24) is 0 Å². The second-order valence-electron chi connectivity index (χ2n) is 20.4. The average Bonchev–Trinajstić information content (AvgIpc) is 3.57. The Labute approximate surface area is 447 Å². The molecule has 0 spiro atoms. The lowest BCUT2D eigenvalue weighted by atomic mass is 9.85. The molecule has 358 valence electrons. The van der Waals surface area contributed by atoms with E-state index in [4.69, 9.17) is 0 Å². The predicted octanol–water partition coefficient (Wildman–Crippen LogP) is 21.6. The van der Waals surface area contributed by atoms with Gasteiger partial charge in [0, 0.05) is 17.1 Å². The maximum absolute atomic E-state index is 2.46. The molecule has 15 rings (SSSR count). The first-order chi connectivity index (χ1) is 38.2. The van der Waals surface area contributed by atoms with Gasteiger partial charge >= 0.3 is 0 Å². The molecular weight excluding hydrogens is 927 g/mol. The zero-order valence-electron chi connectivity index (χ0n) is 42.2. The molecule has 0 saturated carbocycles. The summed E-state index contributed by atoms with van der Waals surface area (Å²) in [7, 11) is 0. The highest BCUT2D eigenvalue weighted by atomic mass is 15.1. The van der Waals surface area contributed by atoms with E-state index in [0.29, 0.717) is 0 Å². The lowest BCUT2D eigenvalue weighted by Gasteiger charge is -2.28. The lowest BCUT2D eigenvalue weighted by molar-refractivity contribution is 1.29. The highest BCUT2D eigenvalue weighted by Crippen LogP contribution is 2.49. The maximum Gasteiger partial charge on any atom is 0.0468 e. The molecule has 0 fully saturated rings. The smallest absolute Gasteiger partial charge is 0.0468 e. The molecule has 0 heterocycles. The zero-order chi connectivity index (χ0) is 50.8. The normalized spacial score (nSPS) is 11.6. The summed E-state index contributed by atoms with van der Waals surface area (Å²) in [6, 6.07) is 110. The predicted molar refractivity (Wildman–Crippen MR) is 331 cm³/mol. The highest BCUT2D eigenvalue weighted by Gasteiger charge is 2.23. The topological polar surface area (TPSA) is 3.24 Å². The summed E-state index contributed by atoms with van der Waals surface area (Å²) in [6.45, 7) is 0. The Kier molecular flexibility index (Phi) is 10.6. The number of nitrogens with zero attached hydrogens (tertiary/aromatic N) is 1. The van der Waals surface area contributed by atoms with Gasteiger partial charge in [0.25, 0.3) is 0 Å². The molecule has 15 aromatic rings. The minimum absolute atomic E-state index is 1.07. The minimum Gasteiger partial charge on any atom is -0.310 e. The molecule has 0 aliphatic rings. The quantitative estimate of drug-likeness (QED) is 0.137. The summed E-state index contributed by atoms with van der Waals surface area (Å²) in [5.41, 5.74) is 15.3. The summed E-state index contributed by atoms with van der Waals surface area (Å²) >= 11 is 0. The third-order valence-corrected chi connectivity index (χ3v) is 15.9. The van der Waals surface area contributed by atoms with E-state index < -0.39 is 0 Å². The van der Waals surface area contributed by atoms with Gasteiger partial charge in [0.15, 0.2) is 0 Å². The van der Waals surface area contributed by atoms with Crippen LogP contribution in [-0.4, -0.2) is 0 Å². The van der Waals surface area contributed by atoms with Gasteiger partial charge in [-0.25, -0.2) is 0 Å². The third-order valence-electron chi connectivity index (χ3n) is 15.9. The summed E-state index contributed by atoms with van der Waals surface area (Å²) in [5.74, 6) is 0. The van der Waals surface area contributed by atoms with Crippen LogP contribution in [0.4, 0.5) is 17.1 Å². The summed E-state index contributed by atoms with van der Waals surface area (Å²) in [6.07, 6.45) is 0. The van der Waals surface area contributed by atoms with E-state index in [1.807, 2.05) is 0 Å². The molecule has 0 aliphatic heterocycles.